The van der Waals surface area contributed by atoms with Crippen LogP contribution in [0.25, 0.3) is 5.52 Å². The average Bonchev–Trinajstić information content (AvgIpc) is 2.68. The molecule has 0 fully saturated rings. The Balaban J connectivity index is 2.65. The minimum atomic E-state index is 0.172. The van der Waals surface area contributed by atoms with E-state index in [9.17, 15) is 0 Å². The molecule has 0 aliphatic rings. The molecule has 2 rings (SSSR count). The second kappa shape index (κ2) is 4.75. The van der Waals surface area contributed by atoms with Crippen LogP contribution in [0.2, 0.25) is 0 Å². The monoisotopic (exact) mass is 244 g/mol. The van der Waals surface area contributed by atoms with Crippen LogP contribution in [0.3, 0.4) is 0 Å². The van der Waals surface area contributed by atoms with Crippen LogP contribution in [0.5, 0.6) is 0 Å². The van der Waals surface area contributed by atoms with E-state index in [0.29, 0.717) is 5.92 Å². The molecule has 1 atom stereocenters. The largest absolute Gasteiger partial charge is 0.240 e. The minimum Gasteiger partial charge on any atom is -0.240 e. The van der Waals surface area contributed by atoms with Crippen molar-refractivity contribution in [2.75, 3.05) is 0 Å². The van der Waals surface area contributed by atoms with Crippen molar-refractivity contribution in [3.05, 3.63) is 35.7 Å². The molecular formula is C16H24N2. The molecule has 0 saturated heterocycles. The molecule has 18 heavy (non-hydrogen) atoms. The summed E-state index contributed by atoms with van der Waals surface area (Å²) < 4.78 is 2.03. The highest BCUT2D eigenvalue weighted by Gasteiger charge is 2.24. The molecule has 2 aromatic rings. The SMILES string of the molecule is CCCC(C)c1c(C(C)(C)C)cn2ncccc12. The van der Waals surface area contributed by atoms with Crippen molar-refractivity contribution < 1.29 is 0 Å². The van der Waals surface area contributed by atoms with Gasteiger partial charge in [0.2, 0.25) is 0 Å². The summed E-state index contributed by atoms with van der Waals surface area (Å²) in [5.74, 6) is 0.596. The van der Waals surface area contributed by atoms with Gasteiger partial charge in [0.05, 0.1) is 5.52 Å². The fourth-order valence-electron chi connectivity index (χ4n) is 2.72. The first-order chi connectivity index (χ1) is 8.45. The Hall–Kier alpha value is -1.31. The van der Waals surface area contributed by atoms with Crippen molar-refractivity contribution in [1.29, 1.82) is 0 Å². The fraction of sp³-hybridized carbons (Fsp3) is 0.562. The van der Waals surface area contributed by atoms with E-state index in [0.717, 1.165) is 0 Å². The molecule has 0 amide bonds. The van der Waals surface area contributed by atoms with Crippen LogP contribution in [0.4, 0.5) is 0 Å². The van der Waals surface area contributed by atoms with Gasteiger partial charge < -0.3 is 0 Å². The summed E-state index contributed by atoms with van der Waals surface area (Å²) in [5, 5.41) is 4.44. The first-order valence-electron chi connectivity index (χ1n) is 6.92. The van der Waals surface area contributed by atoms with Gasteiger partial charge in [-0.25, -0.2) is 4.52 Å². The maximum atomic E-state index is 4.44. The lowest BCUT2D eigenvalue weighted by Gasteiger charge is -2.22. The Morgan fingerprint density at radius 3 is 2.67 bits per heavy atom. The number of rotatable bonds is 3. The Kier molecular flexibility index (Phi) is 3.47. The predicted octanol–water partition coefficient (Wildman–Crippen LogP) is 4.54. The molecule has 2 heteroatoms. The second-order valence-corrected chi connectivity index (χ2v) is 6.25. The van der Waals surface area contributed by atoms with Gasteiger partial charge in [0, 0.05) is 12.4 Å². The Morgan fingerprint density at radius 2 is 2.06 bits per heavy atom. The zero-order valence-corrected chi connectivity index (χ0v) is 12.2. The number of nitrogens with zero attached hydrogens (tertiary/aromatic N) is 2. The lowest BCUT2D eigenvalue weighted by molar-refractivity contribution is 0.568. The average molecular weight is 244 g/mol. The zero-order valence-electron chi connectivity index (χ0n) is 12.2. The van der Waals surface area contributed by atoms with E-state index in [1.807, 2.05) is 16.8 Å². The maximum absolute atomic E-state index is 4.44. The van der Waals surface area contributed by atoms with Crippen LogP contribution in [-0.2, 0) is 5.41 Å². The molecule has 0 radical (unpaired) electrons. The Morgan fingerprint density at radius 1 is 1.33 bits per heavy atom. The van der Waals surface area contributed by atoms with Crippen LogP contribution in [-0.4, -0.2) is 9.61 Å². The van der Waals surface area contributed by atoms with Gasteiger partial charge in [-0.2, -0.15) is 5.10 Å². The molecule has 0 aromatic carbocycles. The van der Waals surface area contributed by atoms with E-state index in [-0.39, 0.29) is 5.41 Å². The third-order valence-electron chi connectivity index (χ3n) is 3.62. The summed E-state index contributed by atoms with van der Waals surface area (Å²) in [7, 11) is 0. The standard InChI is InChI=1S/C16H24N2/c1-6-8-12(2)15-13(16(3,4)5)11-18-14(15)9-7-10-17-18/h7,9-12H,6,8H2,1-5H3. The molecule has 0 spiro atoms. The van der Waals surface area contributed by atoms with Crippen molar-refractivity contribution in [3.63, 3.8) is 0 Å². The lowest BCUT2D eigenvalue weighted by atomic mass is 9.81. The summed E-state index contributed by atoms with van der Waals surface area (Å²) in [6.07, 6.45) is 6.52. The van der Waals surface area contributed by atoms with Crippen molar-refractivity contribution in [3.8, 4) is 0 Å². The maximum Gasteiger partial charge on any atom is 0.0684 e. The minimum absolute atomic E-state index is 0.172. The highest BCUT2D eigenvalue weighted by Crippen LogP contribution is 2.36. The summed E-state index contributed by atoms with van der Waals surface area (Å²) in [6.45, 7) is 11.4. The fourth-order valence-corrected chi connectivity index (χ4v) is 2.72. The van der Waals surface area contributed by atoms with Gasteiger partial charge in [-0.05, 0) is 41.0 Å². The van der Waals surface area contributed by atoms with Crippen molar-refractivity contribution >= 4 is 5.52 Å². The molecule has 2 aromatic heterocycles. The van der Waals surface area contributed by atoms with E-state index < -0.39 is 0 Å². The molecular weight excluding hydrogens is 220 g/mol. The molecule has 1 unspecified atom stereocenters. The van der Waals surface area contributed by atoms with E-state index in [1.165, 1.54) is 29.5 Å². The van der Waals surface area contributed by atoms with Crippen molar-refractivity contribution in [1.82, 2.24) is 9.61 Å². The highest BCUT2D eigenvalue weighted by atomic mass is 15.2. The smallest absolute Gasteiger partial charge is 0.0684 e. The highest BCUT2D eigenvalue weighted by molar-refractivity contribution is 5.61. The van der Waals surface area contributed by atoms with E-state index in [1.54, 1.807) is 0 Å². The molecule has 0 aliphatic carbocycles. The molecule has 2 heterocycles. The van der Waals surface area contributed by atoms with Gasteiger partial charge >= 0.3 is 0 Å². The van der Waals surface area contributed by atoms with E-state index in [4.69, 9.17) is 0 Å². The van der Waals surface area contributed by atoms with E-state index in [2.05, 4.69) is 52.0 Å². The number of hydrogen-bond acceptors (Lipinski definition) is 1. The predicted molar refractivity (Wildman–Crippen MR) is 77.2 cm³/mol. The Labute approximate surface area is 110 Å². The zero-order chi connectivity index (χ0) is 13.3. The molecule has 98 valence electrons. The van der Waals surface area contributed by atoms with Gasteiger partial charge in [-0.3, -0.25) is 0 Å². The van der Waals surface area contributed by atoms with Crippen LogP contribution in [0.15, 0.2) is 24.5 Å². The number of fused-ring (bicyclic) bond motifs is 1. The summed E-state index contributed by atoms with van der Waals surface area (Å²) in [5.41, 5.74) is 4.35. The van der Waals surface area contributed by atoms with Gasteiger partial charge in [-0.15, -0.1) is 0 Å². The topological polar surface area (TPSA) is 17.3 Å². The number of aromatic nitrogens is 2. The van der Waals surface area contributed by atoms with E-state index >= 15 is 0 Å². The molecule has 0 N–H and O–H groups in total. The molecule has 0 aliphatic heterocycles. The second-order valence-electron chi connectivity index (χ2n) is 6.25. The molecule has 0 saturated carbocycles. The summed E-state index contributed by atoms with van der Waals surface area (Å²) in [4.78, 5) is 0. The van der Waals surface area contributed by atoms with Gasteiger partial charge in [-0.1, -0.05) is 41.0 Å². The third-order valence-corrected chi connectivity index (χ3v) is 3.62. The van der Waals surface area contributed by atoms with Crippen LogP contribution in [0.1, 0.15) is 64.5 Å². The third kappa shape index (κ3) is 2.29. The lowest BCUT2D eigenvalue weighted by Crippen LogP contribution is -2.13. The number of hydrogen-bond donors (Lipinski definition) is 0. The first-order valence-corrected chi connectivity index (χ1v) is 6.92. The van der Waals surface area contributed by atoms with Gasteiger partial charge in [0.15, 0.2) is 0 Å². The first kappa shape index (κ1) is 13.1. The van der Waals surface area contributed by atoms with Crippen LogP contribution >= 0.6 is 0 Å². The summed E-state index contributed by atoms with van der Waals surface area (Å²) in [6, 6.07) is 4.22. The van der Waals surface area contributed by atoms with Gasteiger partial charge in [0.1, 0.15) is 0 Å². The van der Waals surface area contributed by atoms with Crippen LogP contribution in [0, 0.1) is 0 Å². The summed E-state index contributed by atoms with van der Waals surface area (Å²) >= 11 is 0. The molecule has 2 nitrogen and oxygen atoms in total. The Bertz CT molecular complexity index is 532. The van der Waals surface area contributed by atoms with Crippen molar-refractivity contribution in [2.24, 2.45) is 0 Å². The quantitative estimate of drug-likeness (QED) is 0.775. The van der Waals surface area contributed by atoms with Gasteiger partial charge in [0.25, 0.3) is 0 Å². The molecule has 0 bridgehead atoms. The normalized spacial score (nSPS) is 14.1. The van der Waals surface area contributed by atoms with Crippen LogP contribution < -0.4 is 0 Å². The van der Waals surface area contributed by atoms with Crippen molar-refractivity contribution in [2.45, 2.75) is 58.8 Å².